The second-order valence-electron chi connectivity index (χ2n) is 7.11. The van der Waals surface area contributed by atoms with E-state index in [9.17, 15) is 0 Å². The van der Waals surface area contributed by atoms with Crippen LogP contribution in [-0.4, -0.2) is 11.6 Å². The Morgan fingerprint density at radius 3 is 1.97 bits per heavy atom. The second-order valence-corrected chi connectivity index (χ2v) is 9.30. The molecule has 3 heteroatoms. The van der Waals surface area contributed by atoms with E-state index in [2.05, 4.69) is 96.0 Å². The summed E-state index contributed by atoms with van der Waals surface area (Å²) >= 11 is 0. The van der Waals surface area contributed by atoms with E-state index in [-0.39, 0.29) is 0 Å². The SMILES string of the molecule is c1ccc(P(c2ccccc2)c2ccccc2COCCCc2ccccn2)cc1. The largest absolute Gasteiger partial charge is 0.377 e. The lowest BCUT2D eigenvalue weighted by molar-refractivity contribution is 0.119. The average molecular weight is 411 g/mol. The lowest BCUT2D eigenvalue weighted by atomic mass is 10.2. The van der Waals surface area contributed by atoms with Crippen LogP contribution in [0.1, 0.15) is 17.7 Å². The molecule has 0 saturated carbocycles. The van der Waals surface area contributed by atoms with Gasteiger partial charge in [0, 0.05) is 18.5 Å². The molecule has 30 heavy (non-hydrogen) atoms. The molecule has 0 aliphatic rings. The molecule has 3 aromatic carbocycles. The number of aryl methyl sites for hydroxylation is 1. The molecule has 1 heterocycles. The normalized spacial score (nSPS) is 11.0. The minimum absolute atomic E-state index is 0.617. The van der Waals surface area contributed by atoms with Gasteiger partial charge in [-0.15, -0.1) is 0 Å². The highest BCUT2D eigenvalue weighted by Gasteiger charge is 2.19. The maximum Gasteiger partial charge on any atom is 0.0723 e. The fourth-order valence-corrected chi connectivity index (χ4v) is 5.97. The van der Waals surface area contributed by atoms with Crippen LogP contribution in [0.2, 0.25) is 0 Å². The number of benzene rings is 3. The monoisotopic (exact) mass is 411 g/mol. The van der Waals surface area contributed by atoms with E-state index in [1.54, 1.807) is 0 Å². The summed E-state index contributed by atoms with van der Waals surface area (Å²) in [5, 5.41) is 4.09. The quantitative estimate of drug-likeness (QED) is 0.286. The summed E-state index contributed by atoms with van der Waals surface area (Å²) < 4.78 is 6.09. The summed E-state index contributed by atoms with van der Waals surface area (Å²) in [5.41, 5.74) is 2.40. The average Bonchev–Trinajstić information content (AvgIpc) is 2.82. The first-order valence-electron chi connectivity index (χ1n) is 10.4. The number of aromatic nitrogens is 1. The van der Waals surface area contributed by atoms with E-state index in [4.69, 9.17) is 4.74 Å². The number of hydrogen-bond donors (Lipinski definition) is 0. The van der Waals surface area contributed by atoms with Gasteiger partial charge < -0.3 is 4.74 Å². The zero-order chi connectivity index (χ0) is 20.4. The van der Waals surface area contributed by atoms with Crippen molar-refractivity contribution in [2.24, 2.45) is 0 Å². The molecule has 0 spiro atoms. The molecular formula is C27H26NOP. The lowest BCUT2D eigenvalue weighted by Gasteiger charge is -2.22. The third-order valence-electron chi connectivity index (χ3n) is 4.97. The standard InChI is InChI=1S/C27H26NOP/c1-3-15-25(16-4-1)30(26-17-5-2-6-18-26)27-19-8-7-12-23(27)22-29-21-11-14-24-13-9-10-20-28-24/h1-10,12-13,15-20H,11,14,21-22H2. The van der Waals surface area contributed by atoms with Crippen LogP contribution in [0.3, 0.4) is 0 Å². The molecule has 0 aliphatic heterocycles. The molecular weight excluding hydrogens is 385 g/mol. The van der Waals surface area contributed by atoms with Crippen molar-refractivity contribution in [2.45, 2.75) is 19.4 Å². The Bertz CT molecular complexity index is 983. The van der Waals surface area contributed by atoms with Gasteiger partial charge in [0.15, 0.2) is 0 Å². The first-order valence-corrected chi connectivity index (χ1v) is 11.7. The summed E-state index contributed by atoms with van der Waals surface area (Å²) in [6.45, 7) is 1.37. The number of rotatable bonds is 9. The zero-order valence-corrected chi connectivity index (χ0v) is 17.9. The van der Waals surface area contributed by atoms with Gasteiger partial charge >= 0.3 is 0 Å². The topological polar surface area (TPSA) is 22.1 Å². The van der Waals surface area contributed by atoms with Gasteiger partial charge in [0.2, 0.25) is 0 Å². The summed E-state index contributed by atoms with van der Waals surface area (Å²) in [6, 6.07) is 36.4. The second kappa shape index (κ2) is 10.8. The van der Waals surface area contributed by atoms with E-state index in [0.717, 1.165) is 25.1 Å². The van der Waals surface area contributed by atoms with Gasteiger partial charge in [0.1, 0.15) is 0 Å². The van der Waals surface area contributed by atoms with Gasteiger partial charge in [0.05, 0.1) is 6.61 Å². The highest BCUT2D eigenvalue weighted by Crippen LogP contribution is 2.34. The molecule has 0 bridgehead atoms. The van der Waals surface area contributed by atoms with Gasteiger partial charge in [-0.3, -0.25) is 4.98 Å². The Kier molecular flexibility index (Phi) is 7.39. The predicted octanol–water partition coefficient (Wildman–Crippen LogP) is 4.99. The number of hydrogen-bond acceptors (Lipinski definition) is 2. The van der Waals surface area contributed by atoms with Gasteiger partial charge in [-0.05, 0) is 54.4 Å². The van der Waals surface area contributed by atoms with Gasteiger partial charge in [0.25, 0.3) is 0 Å². The molecule has 2 nitrogen and oxygen atoms in total. The summed E-state index contributed by atoms with van der Waals surface area (Å²) in [6.07, 6.45) is 3.77. The van der Waals surface area contributed by atoms with Crippen molar-refractivity contribution in [1.82, 2.24) is 4.98 Å². The minimum Gasteiger partial charge on any atom is -0.377 e. The fraction of sp³-hybridized carbons (Fsp3) is 0.148. The van der Waals surface area contributed by atoms with Crippen molar-refractivity contribution in [3.63, 3.8) is 0 Å². The Balaban J connectivity index is 1.49. The lowest BCUT2D eigenvalue weighted by Crippen LogP contribution is -2.23. The Hall–Kier alpha value is -2.80. The fourth-order valence-electron chi connectivity index (χ4n) is 3.52. The Morgan fingerprint density at radius 1 is 0.667 bits per heavy atom. The molecule has 0 atom stereocenters. The van der Waals surface area contributed by atoms with Gasteiger partial charge in [-0.25, -0.2) is 0 Å². The molecule has 0 N–H and O–H groups in total. The Labute approximate surface area is 180 Å². The third-order valence-corrected chi connectivity index (χ3v) is 7.51. The minimum atomic E-state index is -0.617. The predicted molar refractivity (Wildman–Crippen MR) is 127 cm³/mol. The molecule has 0 saturated heterocycles. The first kappa shape index (κ1) is 20.5. The van der Waals surface area contributed by atoms with E-state index in [0.29, 0.717) is 6.61 Å². The molecule has 0 radical (unpaired) electrons. The molecule has 4 rings (SSSR count). The van der Waals surface area contributed by atoms with Crippen LogP contribution in [0.5, 0.6) is 0 Å². The van der Waals surface area contributed by atoms with Crippen molar-refractivity contribution < 1.29 is 4.74 Å². The van der Waals surface area contributed by atoms with Crippen LogP contribution in [0.4, 0.5) is 0 Å². The third kappa shape index (κ3) is 5.42. The molecule has 0 fully saturated rings. The highest BCUT2D eigenvalue weighted by atomic mass is 31.1. The molecule has 4 aromatic rings. The summed E-state index contributed by atoms with van der Waals surface area (Å²) in [7, 11) is -0.617. The number of pyridine rings is 1. The maximum absolute atomic E-state index is 6.09. The van der Waals surface area contributed by atoms with E-state index < -0.39 is 7.92 Å². The van der Waals surface area contributed by atoms with Gasteiger partial charge in [-0.1, -0.05) is 91.0 Å². The van der Waals surface area contributed by atoms with E-state index in [1.165, 1.54) is 21.5 Å². The summed E-state index contributed by atoms with van der Waals surface area (Å²) in [4.78, 5) is 4.39. The molecule has 0 aliphatic carbocycles. The van der Waals surface area contributed by atoms with Crippen molar-refractivity contribution in [3.8, 4) is 0 Å². The maximum atomic E-state index is 6.09. The van der Waals surface area contributed by atoms with E-state index >= 15 is 0 Å². The molecule has 1 aromatic heterocycles. The molecule has 150 valence electrons. The van der Waals surface area contributed by atoms with Crippen LogP contribution in [0.25, 0.3) is 0 Å². The molecule has 0 unspecified atom stereocenters. The van der Waals surface area contributed by atoms with E-state index in [1.807, 2.05) is 18.3 Å². The molecule has 0 amide bonds. The smallest absolute Gasteiger partial charge is 0.0723 e. The van der Waals surface area contributed by atoms with Crippen LogP contribution in [0, 0.1) is 0 Å². The van der Waals surface area contributed by atoms with Crippen molar-refractivity contribution in [3.05, 3.63) is 121 Å². The van der Waals surface area contributed by atoms with Gasteiger partial charge in [-0.2, -0.15) is 0 Å². The van der Waals surface area contributed by atoms with Crippen molar-refractivity contribution in [1.29, 1.82) is 0 Å². The Morgan fingerprint density at radius 2 is 1.30 bits per heavy atom. The summed E-state index contributed by atoms with van der Waals surface area (Å²) in [5.74, 6) is 0. The van der Waals surface area contributed by atoms with Crippen LogP contribution >= 0.6 is 7.92 Å². The number of nitrogens with zero attached hydrogens (tertiary/aromatic N) is 1. The van der Waals surface area contributed by atoms with Crippen molar-refractivity contribution in [2.75, 3.05) is 6.61 Å². The first-order chi connectivity index (χ1) is 14.9. The van der Waals surface area contributed by atoms with Crippen LogP contribution in [0.15, 0.2) is 109 Å². The zero-order valence-electron chi connectivity index (χ0n) is 17.0. The van der Waals surface area contributed by atoms with Crippen LogP contribution < -0.4 is 15.9 Å². The number of ether oxygens (including phenoxy) is 1. The highest BCUT2D eigenvalue weighted by molar-refractivity contribution is 7.79. The van der Waals surface area contributed by atoms with Crippen molar-refractivity contribution >= 4 is 23.8 Å². The van der Waals surface area contributed by atoms with Crippen LogP contribution in [-0.2, 0) is 17.8 Å².